The van der Waals surface area contributed by atoms with Crippen LogP contribution in [0.25, 0.3) is 0 Å². The maximum absolute atomic E-state index is 13.0. The predicted octanol–water partition coefficient (Wildman–Crippen LogP) is 3.02. The van der Waals surface area contributed by atoms with Crippen molar-refractivity contribution in [3.05, 3.63) is 35.6 Å². The van der Waals surface area contributed by atoms with Crippen LogP contribution in [0.3, 0.4) is 0 Å². The molecule has 94 valence electrons. The maximum atomic E-state index is 13.0. The van der Waals surface area contributed by atoms with Gasteiger partial charge >= 0.3 is 0 Å². The van der Waals surface area contributed by atoms with Gasteiger partial charge in [-0.05, 0) is 37.7 Å². The molecular weight excluding hydrogens is 217 g/mol. The van der Waals surface area contributed by atoms with Crippen LogP contribution < -0.4 is 0 Å². The average molecular weight is 237 g/mol. The second-order valence-corrected chi connectivity index (χ2v) is 4.36. The van der Waals surface area contributed by atoms with Gasteiger partial charge in [0.15, 0.2) is 0 Å². The molecule has 0 aliphatic rings. The first-order chi connectivity index (χ1) is 8.11. The molecule has 0 saturated heterocycles. The molecule has 1 aromatic rings. The topological polar surface area (TPSA) is 20.3 Å². The summed E-state index contributed by atoms with van der Waals surface area (Å²) in [5.74, 6) is 0.112. The van der Waals surface area contributed by atoms with Crippen LogP contribution in [0.2, 0.25) is 0 Å². The molecule has 0 aromatic heterocycles. The number of hydrogen-bond acceptors (Lipinski definition) is 2. The van der Waals surface area contributed by atoms with Gasteiger partial charge in [0, 0.05) is 19.4 Å². The summed E-state index contributed by atoms with van der Waals surface area (Å²) in [6.07, 6.45) is 2.14. The lowest BCUT2D eigenvalue weighted by atomic mass is 10.1. The lowest BCUT2D eigenvalue weighted by molar-refractivity contribution is -0.118. The largest absolute Gasteiger partial charge is 0.302 e. The Morgan fingerprint density at radius 1 is 1.41 bits per heavy atom. The fourth-order valence-electron chi connectivity index (χ4n) is 1.75. The van der Waals surface area contributed by atoms with E-state index >= 15 is 0 Å². The third-order valence-corrected chi connectivity index (χ3v) is 2.73. The molecule has 0 aliphatic carbocycles. The number of carbonyl (C=O) groups is 1. The van der Waals surface area contributed by atoms with E-state index in [0.29, 0.717) is 18.6 Å². The van der Waals surface area contributed by atoms with Crippen molar-refractivity contribution in [2.24, 2.45) is 0 Å². The molecule has 0 heterocycles. The number of ketones is 1. The Morgan fingerprint density at radius 2 is 2.18 bits per heavy atom. The monoisotopic (exact) mass is 237 g/mol. The van der Waals surface area contributed by atoms with Crippen LogP contribution in [0, 0.1) is 5.82 Å². The summed E-state index contributed by atoms with van der Waals surface area (Å²) in [4.78, 5) is 13.2. The third-order valence-electron chi connectivity index (χ3n) is 2.73. The normalized spacial score (nSPS) is 10.8. The van der Waals surface area contributed by atoms with E-state index in [-0.39, 0.29) is 5.82 Å². The lowest BCUT2D eigenvalue weighted by Crippen LogP contribution is -2.19. The van der Waals surface area contributed by atoms with Crippen molar-refractivity contribution < 1.29 is 9.18 Å². The molecule has 0 atom stereocenters. The van der Waals surface area contributed by atoms with Gasteiger partial charge in [-0.15, -0.1) is 0 Å². The second-order valence-electron chi connectivity index (χ2n) is 4.36. The molecule has 0 amide bonds. The number of rotatable bonds is 7. The zero-order chi connectivity index (χ0) is 12.7. The number of benzene rings is 1. The van der Waals surface area contributed by atoms with Crippen molar-refractivity contribution in [3.8, 4) is 0 Å². The SMILES string of the molecule is CCC(=O)CCCN(C)Cc1cccc(F)c1. The molecule has 0 N–H and O–H groups in total. The highest BCUT2D eigenvalue weighted by molar-refractivity contribution is 5.77. The molecular formula is C14H20FNO. The summed E-state index contributed by atoms with van der Waals surface area (Å²) >= 11 is 0. The Labute approximate surface area is 102 Å². The first-order valence-electron chi connectivity index (χ1n) is 6.06. The number of hydrogen-bond donors (Lipinski definition) is 0. The van der Waals surface area contributed by atoms with Crippen molar-refractivity contribution in [2.75, 3.05) is 13.6 Å². The molecule has 0 unspecified atom stereocenters. The third kappa shape index (κ3) is 5.59. The molecule has 0 aliphatic heterocycles. The fraction of sp³-hybridized carbons (Fsp3) is 0.500. The lowest BCUT2D eigenvalue weighted by Gasteiger charge is -2.16. The minimum absolute atomic E-state index is 0.197. The highest BCUT2D eigenvalue weighted by Crippen LogP contribution is 2.07. The summed E-state index contributed by atoms with van der Waals surface area (Å²) in [6.45, 7) is 3.47. The maximum Gasteiger partial charge on any atom is 0.132 e. The van der Waals surface area contributed by atoms with Crippen molar-refractivity contribution in [1.82, 2.24) is 4.90 Å². The quantitative estimate of drug-likeness (QED) is 0.726. The summed E-state index contributed by atoms with van der Waals surface area (Å²) in [5.41, 5.74) is 0.967. The Morgan fingerprint density at radius 3 is 2.82 bits per heavy atom. The van der Waals surface area contributed by atoms with E-state index in [2.05, 4.69) is 4.90 Å². The van der Waals surface area contributed by atoms with Gasteiger partial charge in [0.1, 0.15) is 11.6 Å². The molecule has 0 spiro atoms. The minimum atomic E-state index is -0.197. The molecule has 0 bridgehead atoms. The smallest absolute Gasteiger partial charge is 0.132 e. The zero-order valence-electron chi connectivity index (χ0n) is 10.6. The summed E-state index contributed by atoms with van der Waals surface area (Å²) in [6, 6.07) is 6.63. The molecule has 1 rings (SSSR count). The fourth-order valence-corrected chi connectivity index (χ4v) is 1.75. The molecule has 1 aromatic carbocycles. The van der Waals surface area contributed by atoms with Crippen LogP contribution in [0.1, 0.15) is 31.7 Å². The van der Waals surface area contributed by atoms with Crippen molar-refractivity contribution in [2.45, 2.75) is 32.7 Å². The standard InChI is InChI=1S/C14H20FNO/c1-3-14(17)8-5-9-16(2)11-12-6-4-7-13(15)10-12/h4,6-7,10H,3,5,8-9,11H2,1-2H3. The summed E-state index contributed by atoms with van der Waals surface area (Å²) in [7, 11) is 1.99. The van der Waals surface area contributed by atoms with Gasteiger partial charge < -0.3 is 4.90 Å². The van der Waals surface area contributed by atoms with Gasteiger partial charge in [0.05, 0.1) is 0 Å². The van der Waals surface area contributed by atoms with Crippen LogP contribution in [-0.2, 0) is 11.3 Å². The van der Waals surface area contributed by atoms with E-state index < -0.39 is 0 Å². The van der Waals surface area contributed by atoms with E-state index in [0.717, 1.165) is 25.1 Å². The van der Waals surface area contributed by atoms with Crippen LogP contribution in [0.4, 0.5) is 4.39 Å². The Kier molecular flexibility index (Phi) is 5.84. The molecule has 0 radical (unpaired) electrons. The van der Waals surface area contributed by atoms with Crippen LogP contribution >= 0.6 is 0 Å². The highest BCUT2D eigenvalue weighted by Gasteiger charge is 2.03. The van der Waals surface area contributed by atoms with E-state index in [1.165, 1.54) is 6.07 Å². The van der Waals surface area contributed by atoms with E-state index in [1.54, 1.807) is 12.1 Å². The average Bonchev–Trinajstić information content (AvgIpc) is 2.28. The van der Waals surface area contributed by atoms with Gasteiger partial charge in [-0.1, -0.05) is 19.1 Å². The van der Waals surface area contributed by atoms with Gasteiger partial charge in [-0.2, -0.15) is 0 Å². The van der Waals surface area contributed by atoms with Crippen LogP contribution in [0.15, 0.2) is 24.3 Å². The number of Topliss-reactive ketones (excluding diaryl/α,β-unsaturated/α-hetero) is 1. The molecule has 0 fully saturated rings. The molecule has 17 heavy (non-hydrogen) atoms. The van der Waals surface area contributed by atoms with E-state index in [1.807, 2.05) is 20.0 Å². The van der Waals surface area contributed by atoms with Crippen LogP contribution in [0.5, 0.6) is 0 Å². The number of halogens is 1. The summed E-state index contributed by atoms with van der Waals surface area (Å²) in [5, 5.41) is 0. The minimum Gasteiger partial charge on any atom is -0.302 e. The first kappa shape index (κ1) is 13.8. The number of nitrogens with zero attached hydrogens (tertiary/aromatic N) is 1. The Hall–Kier alpha value is -1.22. The predicted molar refractivity (Wildman–Crippen MR) is 67.3 cm³/mol. The van der Waals surface area contributed by atoms with Gasteiger partial charge in [-0.25, -0.2) is 4.39 Å². The number of carbonyl (C=O) groups excluding carboxylic acids is 1. The van der Waals surface area contributed by atoms with Crippen LogP contribution in [-0.4, -0.2) is 24.3 Å². The first-order valence-corrected chi connectivity index (χ1v) is 6.06. The van der Waals surface area contributed by atoms with Gasteiger partial charge in [0.25, 0.3) is 0 Å². The molecule has 0 saturated carbocycles. The highest BCUT2D eigenvalue weighted by atomic mass is 19.1. The van der Waals surface area contributed by atoms with E-state index in [4.69, 9.17) is 0 Å². The Bertz CT molecular complexity index is 365. The zero-order valence-corrected chi connectivity index (χ0v) is 10.6. The Balaban J connectivity index is 2.29. The van der Waals surface area contributed by atoms with Crippen molar-refractivity contribution in [3.63, 3.8) is 0 Å². The molecule has 3 heteroatoms. The summed E-state index contributed by atoms with van der Waals surface area (Å²) < 4.78 is 13.0. The van der Waals surface area contributed by atoms with Crippen molar-refractivity contribution in [1.29, 1.82) is 0 Å². The second kappa shape index (κ2) is 7.17. The van der Waals surface area contributed by atoms with Gasteiger partial charge in [0.2, 0.25) is 0 Å². The van der Waals surface area contributed by atoms with E-state index in [9.17, 15) is 9.18 Å². The van der Waals surface area contributed by atoms with Crippen molar-refractivity contribution >= 4 is 5.78 Å². The van der Waals surface area contributed by atoms with Gasteiger partial charge in [-0.3, -0.25) is 4.79 Å². The molecule has 2 nitrogen and oxygen atoms in total.